The first-order valence-electron chi connectivity index (χ1n) is 11.0. The topological polar surface area (TPSA) is 61.7 Å². The van der Waals surface area contributed by atoms with Crippen LogP contribution in [0.25, 0.3) is 0 Å². The van der Waals surface area contributed by atoms with Crippen LogP contribution in [0.3, 0.4) is 0 Å². The van der Waals surface area contributed by atoms with Crippen LogP contribution < -0.4 is 4.90 Å². The van der Waals surface area contributed by atoms with E-state index in [4.69, 9.17) is 9.72 Å². The lowest BCUT2D eigenvalue weighted by Gasteiger charge is -2.37. The molecule has 0 bridgehead atoms. The number of rotatable bonds is 10. The number of aliphatic hydroxyl groups is 1. The van der Waals surface area contributed by atoms with Gasteiger partial charge in [0.25, 0.3) is 0 Å². The van der Waals surface area contributed by atoms with E-state index in [1.54, 1.807) is 12.1 Å². The number of hydrogen-bond acceptors (Lipinski definition) is 6. The summed E-state index contributed by atoms with van der Waals surface area (Å²) in [6.45, 7) is 12.2. The molecule has 1 atom stereocenters. The number of nitrogens with zero attached hydrogens (tertiary/aromatic N) is 4. The number of aromatic nitrogens is 2. The van der Waals surface area contributed by atoms with Crippen molar-refractivity contribution in [3.05, 3.63) is 65.4 Å². The molecule has 1 fully saturated rings. The highest BCUT2D eigenvalue weighted by Gasteiger charge is 2.24. The minimum Gasteiger partial charge on any atom is -0.389 e. The van der Waals surface area contributed by atoms with Gasteiger partial charge in [-0.15, -0.1) is 6.58 Å². The maximum atomic E-state index is 14.3. The number of β-amino-alcohol motifs (C(OH)–C–C–N with tert-alkyl or cyclic N) is 1. The molecule has 2 aromatic rings. The van der Waals surface area contributed by atoms with Crippen LogP contribution in [0.15, 0.2) is 36.9 Å². The molecular formula is C24H33FN4O2. The Hall–Kier alpha value is -2.35. The van der Waals surface area contributed by atoms with E-state index < -0.39 is 6.10 Å². The number of piperazine rings is 1. The Balaban J connectivity index is 1.72. The number of hydrogen-bond donors (Lipinski definition) is 1. The third kappa shape index (κ3) is 6.32. The Labute approximate surface area is 184 Å². The molecule has 1 unspecified atom stereocenters. The summed E-state index contributed by atoms with van der Waals surface area (Å²) >= 11 is 0. The summed E-state index contributed by atoms with van der Waals surface area (Å²) in [6.07, 6.45) is 2.41. The van der Waals surface area contributed by atoms with Crippen LogP contribution in [-0.4, -0.2) is 72.0 Å². The van der Waals surface area contributed by atoms with E-state index in [1.807, 2.05) is 19.1 Å². The molecule has 1 saturated heterocycles. The Morgan fingerprint density at radius 2 is 1.97 bits per heavy atom. The highest BCUT2D eigenvalue weighted by molar-refractivity contribution is 5.52. The Kier molecular flexibility index (Phi) is 8.51. The van der Waals surface area contributed by atoms with E-state index >= 15 is 0 Å². The maximum Gasteiger partial charge on any atom is 0.136 e. The zero-order chi connectivity index (χ0) is 22.2. The van der Waals surface area contributed by atoms with Crippen molar-refractivity contribution in [1.82, 2.24) is 14.9 Å². The van der Waals surface area contributed by atoms with Gasteiger partial charge in [0.2, 0.25) is 0 Å². The summed E-state index contributed by atoms with van der Waals surface area (Å²) < 4.78 is 19.7. The minimum atomic E-state index is -0.517. The van der Waals surface area contributed by atoms with Crippen molar-refractivity contribution < 1.29 is 14.2 Å². The Morgan fingerprint density at radius 1 is 1.23 bits per heavy atom. The molecule has 1 aliphatic rings. The fourth-order valence-corrected chi connectivity index (χ4v) is 3.99. The Morgan fingerprint density at radius 3 is 2.65 bits per heavy atom. The van der Waals surface area contributed by atoms with Gasteiger partial charge in [0.05, 0.1) is 19.3 Å². The van der Waals surface area contributed by atoms with Crippen LogP contribution in [-0.2, 0) is 17.6 Å². The average molecular weight is 429 g/mol. The molecule has 6 nitrogen and oxygen atoms in total. The Bertz CT molecular complexity index is 869. The third-order valence-corrected chi connectivity index (χ3v) is 5.53. The first kappa shape index (κ1) is 23.3. The highest BCUT2D eigenvalue weighted by atomic mass is 19.1. The number of aliphatic hydroxyl groups excluding tert-OH is 1. The van der Waals surface area contributed by atoms with Crippen LogP contribution in [0.4, 0.5) is 10.2 Å². The highest BCUT2D eigenvalue weighted by Crippen LogP contribution is 2.26. The molecule has 3 rings (SSSR count). The summed E-state index contributed by atoms with van der Waals surface area (Å²) in [5.74, 6) is 1.44. The number of ether oxygens (including phenoxy) is 1. The van der Waals surface area contributed by atoms with Crippen molar-refractivity contribution >= 4 is 5.82 Å². The summed E-state index contributed by atoms with van der Waals surface area (Å²) in [6, 6.07) is 6.90. The normalized spacial score (nSPS) is 15.8. The SMILES string of the molecule is C=CCOCC(O)CN1CCN(c2nc(C)nc(CC)c2Cc2ccccc2F)CC1. The zero-order valence-corrected chi connectivity index (χ0v) is 18.6. The lowest BCUT2D eigenvalue weighted by molar-refractivity contribution is 0.0252. The van der Waals surface area contributed by atoms with Gasteiger partial charge in [-0.05, 0) is 25.0 Å². The van der Waals surface area contributed by atoms with Crippen molar-refractivity contribution in [2.24, 2.45) is 0 Å². The second-order valence-electron chi connectivity index (χ2n) is 7.91. The second-order valence-corrected chi connectivity index (χ2v) is 7.91. The summed E-state index contributed by atoms with van der Waals surface area (Å²) in [7, 11) is 0. The van der Waals surface area contributed by atoms with Crippen LogP contribution in [0, 0.1) is 12.7 Å². The molecule has 31 heavy (non-hydrogen) atoms. The van der Waals surface area contributed by atoms with Gasteiger partial charge in [0.15, 0.2) is 0 Å². The van der Waals surface area contributed by atoms with Gasteiger partial charge in [-0.2, -0.15) is 0 Å². The molecule has 1 aromatic heterocycles. The molecule has 1 aliphatic heterocycles. The van der Waals surface area contributed by atoms with E-state index in [-0.39, 0.29) is 5.82 Å². The van der Waals surface area contributed by atoms with Gasteiger partial charge >= 0.3 is 0 Å². The van der Waals surface area contributed by atoms with Gasteiger partial charge in [-0.1, -0.05) is 31.2 Å². The fraction of sp³-hybridized carbons (Fsp3) is 0.500. The van der Waals surface area contributed by atoms with E-state index in [0.717, 1.165) is 55.5 Å². The molecule has 2 heterocycles. The average Bonchev–Trinajstić information content (AvgIpc) is 2.76. The van der Waals surface area contributed by atoms with Gasteiger partial charge < -0.3 is 14.7 Å². The largest absolute Gasteiger partial charge is 0.389 e. The molecule has 0 spiro atoms. The smallest absolute Gasteiger partial charge is 0.136 e. The van der Waals surface area contributed by atoms with E-state index in [1.165, 1.54) is 6.07 Å². The molecule has 0 aliphatic carbocycles. The quantitative estimate of drug-likeness (QED) is 0.464. The maximum absolute atomic E-state index is 14.3. The molecule has 0 radical (unpaired) electrons. The molecular weight excluding hydrogens is 395 g/mol. The number of benzene rings is 1. The van der Waals surface area contributed by atoms with Crippen LogP contribution in [0.1, 0.15) is 29.6 Å². The van der Waals surface area contributed by atoms with Gasteiger partial charge in [-0.3, -0.25) is 4.90 Å². The summed E-state index contributed by atoms with van der Waals surface area (Å²) in [5.41, 5.74) is 2.64. The monoisotopic (exact) mass is 428 g/mol. The predicted octanol–water partition coefficient (Wildman–Crippen LogP) is 2.76. The van der Waals surface area contributed by atoms with E-state index in [2.05, 4.69) is 28.3 Å². The molecule has 168 valence electrons. The zero-order valence-electron chi connectivity index (χ0n) is 18.6. The van der Waals surface area contributed by atoms with E-state index in [0.29, 0.717) is 31.7 Å². The molecule has 0 saturated carbocycles. The van der Waals surface area contributed by atoms with Crippen LogP contribution in [0.2, 0.25) is 0 Å². The molecule has 1 aromatic carbocycles. The fourth-order valence-electron chi connectivity index (χ4n) is 3.99. The van der Waals surface area contributed by atoms with Crippen molar-refractivity contribution in [3.63, 3.8) is 0 Å². The molecule has 0 amide bonds. The van der Waals surface area contributed by atoms with Gasteiger partial charge in [0.1, 0.15) is 17.5 Å². The van der Waals surface area contributed by atoms with Crippen molar-refractivity contribution in [2.75, 3.05) is 50.8 Å². The standard InChI is InChI=1S/C24H33FN4O2/c1-4-14-31-17-20(30)16-28-10-12-29(13-11-28)24-21(23(5-2)26-18(3)27-24)15-19-8-6-7-9-22(19)25/h4,6-9,20,30H,1,5,10-17H2,2-3H3. The first-order chi connectivity index (χ1) is 15.0. The van der Waals surface area contributed by atoms with Crippen molar-refractivity contribution in [2.45, 2.75) is 32.8 Å². The lowest BCUT2D eigenvalue weighted by Crippen LogP contribution is -2.49. The summed E-state index contributed by atoms with van der Waals surface area (Å²) in [5, 5.41) is 10.2. The van der Waals surface area contributed by atoms with Gasteiger partial charge in [0, 0.05) is 50.4 Å². The number of aryl methyl sites for hydroxylation is 2. The number of anilines is 1. The first-order valence-corrected chi connectivity index (χ1v) is 11.0. The van der Waals surface area contributed by atoms with Crippen molar-refractivity contribution in [3.8, 4) is 0 Å². The third-order valence-electron chi connectivity index (χ3n) is 5.53. The minimum absolute atomic E-state index is 0.200. The van der Waals surface area contributed by atoms with Crippen LogP contribution in [0.5, 0.6) is 0 Å². The molecule has 1 N–H and O–H groups in total. The number of halogens is 1. The second kappa shape index (κ2) is 11.3. The van der Waals surface area contributed by atoms with Crippen molar-refractivity contribution in [1.29, 1.82) is 0 Å². The predicted molar refractivity (Wildman–Crippen MR) is 121 cm³/mol. The summed E-state index contributed by atoms with van der Waals surface area (Å²) in [4.78, 5) is 13.9. The van der Waals surface area contributed by atoms with E-state index in [9.17, 15) is 9.50 Å². The van der Waals surface area contributed by atoms with Gasteiger partial charge in [-0.25, -0.2) is 14.4 Å². The van der Waals surface area contributed by atoms with Crippen LogP contribution >= 0.6 is 0 Å². The lowest BCUT2D eigenvalue weighted by atomic mass is 10.0. The molecule has 7 heteroatoms.